The van der Waals surface area contributed by atoms with Crippen LogP contribution < -0.4 is 0 Å². The number of aromatic nitrogens is 2. The van der Waals surface area contributed by atoms with Gasteiger partial charge in [0.25, 0.3) is 0 Å². The Kier molecular flexibility index (Phi) is 6.49. The fraction of sp³-hybridized carbons (Fsp3) is 0.476. The van der Waals surface area contributed by atoms with Crippen LogP contribution in [0, 0.1) is 12.7 Å². The van der Waals surface area contributed by atoms with Crippen LogP contribution in [0.1, 0.15) is 29.8 Å². The molecule has 1 aliphatic rings. The smallest absolute Gasteiger partial charge is 0.241 e. The Morgan fingerprint density at radius 3 is 2.55 bits per heavy atom. The molecular formula is C21H26FN5O4. The van der Waals surface area contributed by atoms with Crippen LogP contribution in [-0.4, -0.2) is 77.0 Å². The average Bonchev–Trinajstić information content (AvgIpc) is 3.21. The van der Waals surface area contributed by atoms with Gasteiger partial charge in [-0.3, -0.25) is 19.3 Å². The fourth-order valence-corrected chi connectivity index (χ4v) is 3.72. The molecule has 0 aliphatic carbocycles. The van der Waals surface area contributed by atoms with E-state index in [-0.39, 0.29) is 31.5 Å². The zero-order valence-corrected chi connectivity index (χ0v) is 18.1. The topological polar surface area (TPSA) is 99.8 Å². The second kappa shape index (κ2) is 8.93. The second-order valence-corrected chi connectivity index (χ2v) is 8.12. The van der Waals surface area contributed by atoms with E-state index in [1.807, 2.05) is 19.0 Å². The minimum Gasteiger partial charge on any atom is -0.340 e. The first kappa shape index (κ1) is 22.5. The second-order valence-electron chi connectivity index (χ2n) is 8.12. The third-order valence-electron chi connectivity index (χ3n) is 5.58. The molecule has 0 N–H and O–H groups in total. The molecule has 31 heavy (non-hydrogen) atoms. The first-order chi connectivity index (χ1) is 14.7. The highest BCUT2D eigenvalue weighted by molar-refractivity contribution is 6.10. The molecule has 166 valence electrons. The van der Waals surface area contributed by atoms with Crippen molar-refractivity contribution in [3.8, 4) is 0 Å². The van der Waals surface area contributed by atoms with E-state index in [0.29, 0.717) is 17.9 Å². The number of nitrogens with zero attached hydrogens (tertiary/aromatic N) is 5. The highest BCUT2D eigenvalue weighted by Crippen LogP contribution is 2.41. The Balaban J connectivity index is 1.92. The van der Waals surface area contributed by atoms with Gasteiger partial charge in [0.05, 0.1) is 12.0 Å². The molecule has 1 fully saturated rings. The molecule has 1 atom stereocenters. The summed E-state index contributed by atoms with van der Waals surface area (Å²) in [4.78, 5) is 43.6. The highest BCUT2D eigenvalue weighted by Gasteiger charge is 2.54. The maximum absolute atomic E-state index is 14.8. The third-order valence-corrected chi connectivity index (χ3v) is 5.58. The van der Waals surface area contributed by atoms with Gasteiger partial charge in [-0.15, -0.1) is 0 Å². The zero-order chi connectivity index (χ0) is 22.8. The van der Waals surface area contributed by atoms with E-state index in [2.05, 4.69) is 14.9 Å². The molecule has 0 saturated carbocycles. The van der Waals surface area contributed by atoms with Crippen LogP contribution in [0.5, 0.6) is 0 Å². The van der Waals surface area contributed by atoms with Gasteiger partial charge in [-0.05, 0) is 27.1 Å². The summed E-state index contributed by atoms with van der Waals surface area (Å²) in [5, 5.41) is 7.45. The van der Waals surface area contributed by atoms with Crippen molar-refractivity contribution in [2.75, 3.05) is 34.2 Å². The Bertz CT molecular complexity index is 992. The van der Waals surface area contributed by atoms with E-state index in [1.54, 1.807) is 20.0 Å². The van der Waals surface area contributed by atoms with Gasteiger partial charge in [-0.25, -0.2) is 9.02 Å². The lowest BCUT2D eigenvalue weighted by atomic mass is 9.75. The number of carbonyl (C=O) groups is 3. The lowest BCUT2D eigenvalue weighted by Crippen LogP contribution is -2.44. The molecule has 2 heterocycles. The third kappa shape index (κ3) is 4.48. The summed E-state index contributed by atoms with van der Waals surface area (Å²) in [6, 6.07) is 5.80. The van der Waals surface area contributed by atoms with Crippen molar-refractivity contribution in [2.24, 2.45) is 0 Å². The molecule has 0 bridgehead atoms. The van der Waals surface area contributed by atoms with Gasteiger partial charge in [0.1, 0.15) is 17.2 Å². The zero-order valence-electron chi connectivity index (χ0n) is 18.1. The SMILES string of the molecule is Cc1nonc1CN(C)C(=O)CC1(c2ccccc2F)CC(=O)N(CCN(C)C)C1=O. The van der Waals surface area contributed by atoms with Gasteiger partial charge in [0.15, 0.2) is 0 Å². The number of rotatable bonds is 8. The molecule has 9 nitrogen and oxygen atoms in total. The number of likely N-dealkylation sites (tertiary alicyclic amines) is 1. The highest BCUT2D eigenvalue weighted by atomic mass is 19.1. The summed E-state index contributed by atoms with van der Waals surface area (Å²) in [6.07, 6.45) is -0.595. The Hall–Kier alpha value is -3.14. The van der Waals surface area contributed by atoms with Crippen LogP contribution in [0.4, 0.5) is 4.39 Å². The summed E-state index contributed by atoms with van der Waals surface area (Å²) < 4.78 is 19.5. The maximum atomic E-state index is 14.8. The number of imide groups is 1. The predicted octanol–water partition coefficient (Wildman–Crippen LogP) is 1.12. The van der Waals surface area contributed by atoms with Crippen molar-refractivity contribution in [3.05, 3.63) is 47.0 Å². The van der Waals surface area contributed by atoms with Crippen LogP contribution in [-0.2, 0) is 26.3 Å². The number of aryl methyl sites for hydroxylation is 1. The number of amides is 3. The van der Waals surface area contributed by atoms with Gasteiger partial charge in [0.2, 0.25) is 17.7 Å². The molecule has 1 unspecified atom stereocenters. The lowest BCUT2D eigenvalue weighted by molar-refractivity contribution is -0.142. The normalized spacial score (nSPS) is 18.8. The van der Waals surface area contributed by atoms with E-state index in [0.717, 1.165) is 4.90 Å². The molecule has 0 radical (unpaired) electrons. The van der Waals surface area contributed by atoms with Crippen molar-refractivity contribution in [2.45, 2.75) is 31.7 Å². The summed E-state index contributed by atoms with van der Waals surface area (Å²) in [7, 11) is 5.21. The summed E-state index contributed by atoms with van der Waals surface area (Å²) >= 11 is 0. The van der Waals surface area contributed by atoms with Crippen molar-refractivity contribution < 1.29 is 23.4 Å². The van der Waals surface area contributed by atoms with E-state index in [4.69, 9.17) is 0 Å². The molecule has 3 amide bonds. The molecule has 1 aromatic heterocycles. The first-order valence-corrected chi connectivity index (χ1v) is 9.92. The maximum Gasteiger partial charge on any atom is 0.241 e. The van der Waals surface area contributed by atoms with Gasteiger partial charge < -0.3 is 9.80 Å². The molecule has 2 aromatic rings. The number of carbonyl (C=O) groups excluding carboxylic acids is 3. The predicted molar refractivity (Wildman–Crippen MR) is 108 cm³/mol. The Labute approximate surface area is 179 Å². The number of hydrogen-bond donors (Lipinski definition) is 0. The molecule has 1 saturated heterocycles. The van der Waals surface area contributed by atoms with E-state index in [9.17, 15) is 18.8 Å². The van der Waals surface area contributed by atoms with Gasteiger partial charge in [0, 0.05) is 38.5 Å². The van der Waals surface area contributed by atoms with Crippen molar-refractivity contribution in [1.82, 2.24) is 25.0 Å². The molecule has 10 heteroatoms. The lowest BCUT2D eigenvalue weighted by Gasteiger charge is -2.29. The molecule has 3 rings (SSSR count). The Morgan fingerprint density at radius 2 is 1.94 bits per heavy atom. The Morgan fingerprint density at radius 1 is 1.23 bits per heavy atom. The number of halogens is 1. The largest absolute Gasteiger partial charge is 0.340 e. The van der Waals surface area contributed by atoms with Crippen LogP contribution in [0.25, 0.3) is 0 Å². The summed E-state index contributed by atoms with van der Waals surface area (Å²) in [5.74, 6) is -2.00. The first-order valence-electron chi connectivity index (χ1n) is 9.92. The summed E-state index contributed by atoms with van der Waals surface area (Å²) in [5.41, 5.74) is -0.499. The summed E-state index contributed by atoms with van der Waals surface area (Å²) in [6.45, 7) is 2.46. The molecule has 0 spiro atoms. The average molecular weight is 431 g/mol. The van der Waals surface area contributed by atoms with Crippen molar-refractivity contribution >= 4 is 17.7 Å². The monoisotopic (exact) mass is 431 g/mol. The van der Waals surface area contributed by atoms with Crippen LogP contribution >= 0.6 is 0 Å². The fourth-order valence-electron chi connectivity index (χ4n) is 3.72. The minimum atomic E-state index is -1.59. The van der Waals surface area contributed by atoms with Gasteiger partial charge >= 0.3 is 0 Å². The van der Waals surface area contributed by atoms with E-state index < -0.39 is 29.0 Å². The van der Waals surface area contributed by atoms with Crippen molar-refractivity contribution in [3.63, 3.8) is 0 Å². The van der Waals surface area contributed by atoms with Gasteiger partial charge in [-0.2, -0.15) is 0 Å². The van der Waals surface area contributed by atoms with Crippen LogP contribution in [0.2, 0.25) is 0 Å². The van der Waals surface area contributed by atoms with E-state index >= 15 is 0 Å². The number of hydrogen-bond acceptors (Lipinski definition) is 7. The molecule has 1 aliphatic heterocycles. The van der Waals surface area contributed by atoms with Gasteiger partial charge in [-0.1, -0.05) is 28.5 Å². The molecule has 1 aromatic carbocycles. The van der Waals surface area contributed by atoms with Crippen molar-refractivity contribution in [1.29, 1.82) is 0 Å². The molecular weight excluding hydrogens is 405 g/mol. The minimum absolute atomic E-state index is 0.0572. The number of likely N-dealkylation sites (N-methyl/N-ethyl adjacent to an activating group) is 1. The quantitative estimate of drug-likeness (QED) is 0.578. The van der Waals surface area contributed by atoms with E-state index in [1.165, 1.54) is 23.1 Å². The number of benzene rings is 1. The van der Waals surface area contributed by atoms with Crippen LogP contribution in [0.15, 0.2) is 28.9 Å². The standard InChI is InChI=1S/C21H26FN5O4/c1-14-17(24-31-23-14)13-26(4)18(28)11-21(15-7-5-6-8-16(15)22)12-19(29)27(20(21)30)10-9-25(2)3/h5-8H,9-13H2,1-4H3. The van der Waals surface area contributed by atoms with Crippen LogP contribution in [0.3, 0.4) is 0 Å².